The Balaban J connectivity index is 2.59. The molecule has 0 radical (unpaired) electrons. The highest BCUT2D eigenvalue weighted by molar-refractivity contribution is 5.79. The van der Waals surface area contributed by atoms with Crippen molar-refractivity contribution in [2.75, 3.05) is 6.54 Å². The Morgan fingerprint density at radius 2 is 2.27 bits per heavy atom. The summed E-state index contributed by atoms with van der Waals surface area (Å²) in [5, 5.41) is 0. The van der Waals surface area contributed by atoms with E-state index in [0.29, 0.717) is 12.5 Å². The third-order valence-corrected chi connectivity index (χ3v) is 2.81. The van der Waals surface area contributed by atoms with Crippen LogP contribution in [0.1, 0.15) is 31.2 Å². The molecular weight excluding hydrogens is 186 g/mol. The summed E-state index contributed by atoms with van der Waals surface area (Å²) in [7, 11) is 0. The van der Waals surface area contributed by atoms with Gasteiger partial charge in [0.2, 0.25) is 0 Å². The number of nitrogens with one attached hydrogen (secondary N) is 1. The molecule has 3 nitrogen and oxygen atoms in total. The van der Waals surface area contributed by atoms with Crippen molar-refractivity contribution in [1.29, 1.82) is 0 Å². The summed E-state index contributed by atoms with van der Waals surface area (Å²) < 4.78 is 0. The summed E-state index contributed by atoms with van der Waals surface area (Å²) >= 11 is 0. The second-order valence-corrected chi connectivity index (χ2v) is 3.92. The molecule has 1 aromatic carbocycles. The number of hydrogen-bond donors (Lipinski definition) is 2. The number of nitrogens with zero attached hydrogens (tertiary/aromatic N) is 1. The van der Waals surface area contributed by atoms with Gasteiger partial charge in [0.25, 0.3) is 0 Å². The second-order valence-electron chi connectivity index (χ2n) is 3.92. The lowest BCUT2D eigenvalue weighted by atomic mass is 10.00. The summed E-state index contributed by atoms with van der Waals surface area (Å²) in [6.45, 7) is 4.90. The molecule has 1 heterocycles. The number of H-pyrrole nitrogens is 1. The highest BCUT2D eigenvalue weighted by Crippen LogP contribution is 2.23. The molecule has 0 fully saturated rings. The Hall–Kier alpha value is -1.35. The minimum absolute atomic E-state index is 0.363. The zero-order chi connectivity index (χ0) is 10.8. The molecule has 1 aromatic heterocycles. The Labute approximate surface area is 89.7 Å². The van der Waals surface area contributed by atoms with Crippen LogP contribution in [0.2, 0.25) is 0 Å². The molecule has 80 valence electrons. The van der Waals surface area contributed by atoms with E-state index in [1.165, 1.54) is 5.56 Å². The number of rotatable bonds is 3. The van der Waals surface area contributed by atoms with Gasteiger partial charge in [-0.15, -0.1) is 0 Å². The third kappa shape index (κ3) is 1.75. The normalized spacial score (nSPS) is 13.3. The van der Waals surface area contributed by atoms with Crippen LogP contribution in [0.15, 0.2) is 18.2 Å². The molecular formula is C12H17N3. The fraction of sp³-hybridized carbons (Fsp3) is 0.417. The van der Waals surface area contributed by atoms with Crippen LogP contribution in [0.4, 0.5) is 0 Å². The van der Waals surface area contributed by atoms with E-state index in [1.54, 1.807) is 0 Å². The molecule has 2 rings (SSSR count). The number of fused-ring (bicyclic) bond motifs is 1. The Kier molecular flexibility index (Phi) is 2.73. The van der Waals surface area contributed by atoms with Gasteiger partial charge in [-0.3, -0.25) is 0 Å². The maximum atomic E-state index is 5.70. The molecule has 0 aliphatic heterocycles. The predicted molar refractivity (Wildman–Crippen MR) is 62.9 cm³/mol. The average Bonchev–Trinajstić information content (AvgIpc) is 2.70. The number of nitrogens with two attached hydrogens (primary N) is 1. The number of imidazole rings is 1. The van der Waals surface area contributed by atoms with Crippen molar-refractivity contribution in [3.63, 3.8) is 0 Å². The molecule has 0 saturated carbocycles. The summed E-state index contributed by atoms with van der Waals surface area (Å²) in [6.07, 6.45) is 0.936. The molecule has 0 aliphatic carbocycles. The quantitative estimate of drug-likeness (QED) is 0.803. The van der Waals surface area contributed by atoms with Crippen molar-refractivity contribution >= 4 is 11.0 Å². The summed E-state index contributed by atoms with van der Waals surface area (Å²) in [4.78, 5) is 7.90. The molecule has 1 unspecified atom stereocenters. The monoisotopic (exact) mass is 203 g/mol. The first-order chi connectivity index (χ1) is 7.26. The molecule has 0 spiro atoms. The van der Waals surface area contributed by atoms with Crippen molar-refractivity contribution in [2.24, 2.45) is 5.73 Å². The standard InChI is InChI=1S/C12H17N3/c1-3-11-14-10-6-4-5-9(8(2)7-13)12(10)15-11/h4-6,8H,3,7,13H2,1-2H3,(H,14,15). The highest BCUT2D eigenvalue weighted by atomic mass is 14.9. The molecule has 1 atom stereocenters. The van der Waals surface area contributed by atoms with Gasteiger partial charge >= 0.3 is 0 Å². The summed E-state index contributed by atoms with van der Waals surface area (Å²) in [5.74, 6) is 1.41. The van der Waals surface area contributed by atoms with Crippen LogP contribution in [0.25, 0.3) is 11.0 Å². The second kappa shape index (κ2) is 4.03. The number of benzene rings is 1. The zero-order valence-electron chi connectivity index (χ0n) is 9.25. The molecule has 2 aromatic rings. The summed E-state index contributed by atoms with van der Waals surface area (Å²) in [5.41, 5.74) is 9.13. The number of para-hydroxylation sites is 1. The van der Waals surface area contributed by atoms with E-state index < -0.39 is 0 Å². The summed E-state index contributed by atoms with van der Waals surface area (Å²) in [6, 6.07) is 6.23. The van der Waals surface area contributed by atoms with Crippen molar-refractivity contribution in [1.82, 2.24) is 9.97 Å². The van der Waals surface area contributed by atoms with Crippen LogP contribution >= 0.6 is 0 Å². The van der Waals surface area contributed by atoms with Gasteiger partial charge in [-0.2, -0.15) is 0 Å². The maximum Gasteiger partial charge on any atom is 0.106 e. The lowest BCUT2D eigenvalue weighted by molar-refractivity contribution is 0.779. The number of aromatic nitrogens is 2. The topological polar surface area (TPSA) is 54.7 Å². The number of aromatic amines is 1. The molecule has 0 bridgehead atoms. The zero-order valence-corrected chi connectivity index (χ0v) is 9.25. The molecule has 3 heteroatoms. The van der Waals surface area contributed by atoms with Gasteiger partial charge in [-0.1, -0.05) is 26.0 Å². The van der Waals surface area contributed by atoms with Gasteiger partial charge in [-0.05, 0) is 24.1 Å². The average molecular weight is 203 g/mol. The van der Waals surface area contributed by atoms with E-state index in [1.807, 2.05) is 0 Å². The van der Waals surface area contributed by atoms with Crippen LogP contribution in [0, 0.1) is 0 Å². The first-order valence-electron chi connectivity index (χ1n) is 5.43. The van der Waals surface area contributed by atoms with E-state index in [-0.39, 0.29) is 0 Å². The molecule has 3 N–H and O–H groups in total. The minimum atomic E-state index is 0.363. The number of hydrogen-bond acceptors (Lipinski definition) is 2. The van der Waals surface area contributed by atoms with E-state index in [4.69, 9.17) is 5.73 Å². The SMILES string of the molecule is CCc1nc2c(C(C)CN)cccc2[nH]1. The molecule has 15 heavy (non-hydrogen) atoms. The van der Waals surface area contributed by atoms with Crippen LogP contribution in [0.3, 0.4) is 0 Å². The van der Waals surface area contributed by atoms with Crippen molar-refractivity contribution in [3.05, 3.63) is 29.6 Å². The van der Waals surface area contributed by atoms with Crippen LogP contribution < -0.4 is 5.73 Å². The van der Waals surface area contributed by atoms with Gasteiger partial charge in [0, 0.05) is 6.42 Å². The van der Waals surface area contributed by atoms with Crippen LogP contribution in [-0.2, 0) is 6.42 Å². The van der Waals surface area contributed by atoms with Gasteiger partial charge in [0.15, 0.2) is 0 Å². The van der Waals surface area contributed by atoms with Gasteiger partial charge < -0.3 is 10.7 Å². The lowest BCUT2D eigenvalue weighted by Gasteiger charge is -2.08. The number of aryl methyl sites for hydroxylation is 1. The first kappa shape index (κ1) is 10.2. The highest BCUT2D eigenvalue weighted by Gasteiger charge is 2.10. The molecule has 0 aliphatic rings. The van der Waals surface area contributed by atoms with E-state index in [9.17, 15) is 0 Å². The van der Waals surface area contributed by atoms with Gasteiger partial charge in [0.05, 0.1) is 11.0 Å². The van der Waals surface area contributed by atoms with Crippen LogP contribution in [-0.4, -0.2) is 16.5 Å². The van der Waals surface area contributed by atoms with Crippen LogP contribution in [0.5, 0.6) is 0 Å². The van der Waals surface area contributed by atoms with E-state index in [2.05, 4.69) is 42.0 Å². The smallest absolute Gasteiger partial charge is 0.106 e. The van der Waals surface area contributed by atoms with E-state index >= 15 is 0 Å². The predicted octanol–water partition coefficient (Wildman–Crippen LogP) is 2.19. The maximum absolute atomic E-state index is 5.70. The Morgan fingerprint density at radius 3 is 2.93 bits per heavy atom. The van der Waals surface area contributed by atoms with Crippen molar-refractivity contribution in [2.45, 2.75) is 26.2 Å². The third-order valence-electron chi connectivity index (χ3n) is 2.81. The lowest BCUT2D eigenvalue weighted by Crippen LogP contribution is -2.09. The van der Waals surface area contributed by atoms with E-state index in [0.717, 1.165) is 23.3 Å². The fourth-order valence-corrected chi connectivity index (χ4v) is 1.80. The Bertz CT molecular complexity index is 459. The van der Waals surface area contributed by atoms with Gasteiger partial charge in [0.1, 0.15) is 5.82 Å². The molecule has 0 amide bonds. The molecule has 0 saturated heterocycles. The van der Waals surface area contributed by atoms with Crippen molar-refractivity contribution < 1.29 is 0 Å². The largest absolute Gasteiger partial charge is 0.342 e. The minimum Gasteiger partial charge on any atom is -0.342 e. The van der Waals surface area contributed by atoms with Crippen molar-refractivity contribution in [3.8, 4) is 0 Å². The van der Waals surface area contributed by atoms with Gasteiger partial charge in [-0.25, -0.2) is 4.98 Å². The fourth-order valence-electron chi connectivity index (χ4n) is 1.80. The Morgan fingerprint density at radius 1 is 1.47 bits per heavy atom. The first-order valence-corrected chi connectivity index (χ1v) is 5.43.